The van der Waals surface area contributed by atoms with E-state index in [1.807, 2.05) is 50.2 Å². The number of carbonyl (C=O) groups excluding carboxylic acids is 4. The summed E-state index contributed by atoms with van der Waals surface area (Å²) in [6.45, 7) is 11.3. The normalized spacial score (nSPS) is 25.0. The molecule has 0 unspecified atom stereocenters. The molecule has 1 spiro atoms. The molecule has 11 heteroatoms. The van der Waals surface area contributed by atoms with Gasteiger partial charge in [-0.25, -0.2) is 0 Å². The van der Waals surface area contributed by atoms with Crippen molar-refractivity contribution in [3.05, 3.63) is 90.0 Å². The molecule has 2 aromatic rings. The number of aryl methyl sites for hydroxylation is 1. The number of hydrogen-bond acceptors (Lipinski definition) is 7. The van der Waals surface area contributed by atoms with Crippen LogP contribution in [0.1, 0.15) is 56.3 Å². The van der Waals surface area contributed by atoms with Crippen molar-refractivity contribution in [1.29, 1.82) is 0 Å². The summed E-state index contributed by atoms with van der Waals surface area (Å²) < 4.78 is 12.9. The number of likely N-dealkylation sites (N-methyl/N-ethyl adjacent to an activating group) is 1. The Labute approximate surface area is 293 Å². The average Bonchev–Trinajstić information content (AvgIpc) is 3.74. The van der Waals surface area contributed by atoms with Gasteiger partial charge in [0.1, 0.15) is 17.7 Å². The van der Waals surface area contributed by atoms with Gasteiger partial charge in [0.25, 0.3) is 5.91 Å². The number of halogens is 1. The lowest BCUT2D eigenvalue weighted by Crippen LogP contribution is -2.56. The number of para-hydroxylation sites is 1. The molecule has 3 aliphatic heterocycles. The predicted molar refractivity (Wildman–Crippen MR) is 187 cm³/mol. The maximum absolute atomic E-state index is 14.8. The molecule has 0 radical (unpaired) electrons. The van der Waals surface area contributed by atoms with Gasteiger partial charge in [-0.2, -0.15) is 0 Å². The number of rotatable bonds is 15. The third-order valence-electron chi connectivity index (χ3n) is 10.3. The largest absolute Gasteiger partial charge is 0.455 e. The van der Waals surface area contributed by atoms with Crippen molar-refractivity contribution in [2.75, 3.05) is 31.6 Å². The molecule has 0 saturated carbocycles. The zero-order chi connectivity index (χ0) is 35.5. The summed E-state index contributed by atoms with van der Waals surface area (Å²) in [6, 6.07) is 13.0. The third kappa shape index (κ3) is 6.66. The summed E-state index contributed by atoms with van der Waals surface area (Å²) in [7, 11) is 1.68. The van der Waals surface area contributed by atoms with E-state index in [-0.39, 0.29) is 44.4 Å². The number of esters is 1. The standard InChI is InChI=1S/C38H46ClN3O7/c1-6-8-18-29(44)40(5)25(4)33(26-15-10-9-11-16-26)48-37(47)30-28-19-20-38(49-28)31(30)35(45)42(22-13-23-43)34(38)36(46)41(21-7-2)32-24(3)14-12-17-27(32)39/h6-7,9-12,14-17,25,28,30-31,33-34,43H,1-2,8,13,18-23H2,3-5H3/t25-,28+,30-,31-,33+,34+,38-/m0/s1. The summed E-state index contributed by atoms with van der Waals surface area (Å²) >= 11 is 6.64. The van der Waals surface area contributed by atoms with Gasteiger partial charge in [0.15, 0.2) is 0 Å². The highest BCUT2D eigenvalue weighted by molar-refractivity contribution is 6.34. The maximum Gasteiger partial charge on any atom is 0.313 e. The van der Waals surface area contributed by atoms with Crippen LogP contribution in [0.3, 0.4) is 0 Å². The first-order valence-electron chi connectivity index (χ1n) is 16.9. The highest BCUT2D eigenvalue weighted by atomic mass is 35.5. The van der Waals surface area contributed by atoms with Gasteiger partial charge in [0.2, 0.25) is 11.8 Å². The van der Waals surface area contributed by atoms with Crippen molar-refractivity contribution < 1.29 is 33.8 Å². The van der Waals surface area contributed by atoms with E-state index in [2.05, 4.69) is 13.2 Å². The van der Waals surface area contributed by atoms with Crippen LogP contribution in [-0.2, 0) is 28.7 Å². The van der Waals surface area contributed by atoms with Gasteiger partial charge in [-0.3, -0.25) is 19.2 Å². The van der Waals surface area contributed by atoms with Gasteiger partial charge in [0, 0.05) is 33.2 Å². The number of hydrogen-bond donors (Lipinski definition) is 1. The van der Waals surface area contributed by atoms with Crippen LogP contribution >= 0.6 is 11.6 Å². The van der Waals surface area contributed by atoms with E-state index in [0.717, 1.165) is 5.56 Å². The first-order chi connectivity index (χ1) is 23.5. The van der Waals surface area contributed by atoms with Crippen molar-refractivity contribution >= 4 is 41.0 Å². The van der Waals surface area contributed by atoms with E-state index in [1.54, 1.807) is 36.2 Å². The monoisotopic (exact) mass is 691 g/mol. The summed E-state index contributed by atoms with van der Waals surface area (Å²) in [4.78, 5) is 61.1. The number of likely N-dealkylation sites (tertiary alicyclic amines) is 1. The number of nitrogens with zero attached hydrogens (tertiary/aromatic N) is 3. The predicted octanol–water partition coefficient (Wildman–Crippen LogP) is 5.02. The van der Waals surface area contributed by atoms with Crippen molar-refractivity contribution in [3.8, 4) is 0 Å². The van der Waals surface area contributed by atoms with Crippen LogP contribution in [0.2, 0.25) is 5.02 Å². The minimum Gasteiger partial charge on any atom is -0.455 e. The summed E-state index contributed by atoms with van der Waals surface area (Å²) in [5.74, 6) is -3.44. The number of carbonyl (C=O) groups is 4. The SMILES string of the molecule is C=CCCC(=O)N(C)[C@@H](C)[C@@H](OC(=O)[C@@H]1[C@H]2C(=O)N(CCCO)[C@H](C(=O)N(CC=C)c3c(C)cccc3Cl)[C@]23CC[C@H]1O3)c1ccccc1. The number of fused-ring (bicyclic) bond motifs is 1. The quantitative estimate of drug-likeness (QED) is 0.206. The zero-order valence-corrected chi connectivity index (χ0v) is 29.2. The van der Waals surface area contributed by atoms with Gasteiger partial charge >= 0.3 is 5.97 Å². The molecule has 10 nitrogen and oxygen atoms in total. The number of aliphatic hydroxyl groups is 1. The Balaban J connectivity index is 1.50. The number of anilines is 1. The molecule has 3 aliphatic rings. The first kappa shape index (κ1) is 36.3. The van der Waals surface area contributed by atoms with Gasteiger partial charge in [0.05, 0.1) is 34.7 Å². The number of benzene rings is 2. The van der Waals surface area contributed by atoms with Crippen molar-refractivity contribution in [2.24, 2.45) is 11.8 Å². The second-order valence-corrected chi connectivity index (χ2v) is 13.6. The first-order valence-corrected chi connectivity index (χ1v) is 17.3. The molecule has 3 heterocycles. The van der Waals surface area contributed by atoms with Crippen LogP contribution in [-0.4, -0.2) is 89.1 Å². The fraction of sp³-hybridized carbons (Fsp3) is 0.474. The summed E-state index contributed by atoms with van der Waals surface area (Å²) in [5, 5.41) is 10.1. The van der Waals surface area contributed by atoms with Crippen molar-refractivity contribution in [2.45, 2.75) is 75.8 Å². The molecule has 7 atom stereocenters. The number of amides is 3. The van der Waals surface area contributed by atoms with Crippen LogP contribution in [0.25, 0.3) is 0 Å². The Kier molecular flexibility index (Phi) is 11.3. The molecule has 2 aromatic carbocycles. The molecule has 3 fully saturated rings. The lowest BCUT2D eigenvalue weighted by Gasteiger charge is -2.37. The second-order valence-electron chi connectivity index (χ2n) is 13.1. The Morgan fingerprint density at radius 2 is 1.90 bits per heavy atom. The summed E-state index contributed by atoms with van der Waals surface area (Å²) in [6.07, 6.45) is 3.70. The van der Waals surface area contributed by atoms with Crippen LogP contribution in [0, 0.1) is 18.8 Å². The van der Waals surface area contributed by atoms with E-state index in [0.29, 0.717) is 35.5 Å². The van der Waals surface area contributed by atoms with Gasteiger partial charge < -0.3 is 29.3 Å². The van der Waals surface area contributed by atoms with Gasteiger partial charge in [-0.1, -0.05) is 66.2 Å². The molecular formula is C38H46ClN3O7. The fourth-order valence-electron chi connectivity index (χ4n) is 7.84. The minimum atomic E-state index is -1.28. The molecule has 0 aliphatic carbocycles. The second kappa shape index (κ2) is 15.3. The smallest absolute Gasteiger partial charge is 0.313 e. The number of ether oxygens (including phenoxy) is 2. The molecule has 5 rings (SSSR count). The molecule has 0 aromatic heterocycles. The Morgan fingerprint density at radius 1 is 1.16 bits per heavy atom. The fourth-order valence-corrected chi connectivity index (χ4v) is 8.16. The van der Waals surface area contributed by atoms with Crippen LogP contribution in [0.15, 0.2) is 73.8 Å². The minimum absolute atomic E-state index is 0.102. The lowest BCUT2D eigenvalue weighted by molar-refractivity contribution is -0.164. The molecule has 2 bridgehead atoms. The van der Waals surface area contributed by atoms with Gasteiger partial charge in [-0.05, 0) is 56.7 Å². The van der Waals surface area contributed by atoms with E-state index in [1.165, 1.54) is 9.80 Å². The van der Waals surface area contributed by atoms with Crippen LogP contribution in [0.5, 0.6) is 0 Å². The molecule has 3 amide bonds. The van der Waals surface area contributed by atoms with Crippen LogP contribution < -0.4 is 4.90 Å². The van der Waals surface area contributed by atoms with Crippen LogP contribution in [0.4, 0.5) is 5.69 Å². The summed E-state index contributed by atoms with van der Waals surface area (Å²) in [5.41, 5.74) is 0.710. The number of allylic oxidation sites excluding steroid dienone is 1. The average molecular weight is 692 g/mol. The van der Waals surface area contributed by atoms with E-state index >= 15 is 0 Å². The lowest BCUT2D eigenvalue weighted by atomic mass is 9.70. The molecule has 1 N–H and O–H groups in total. The maximum atomic E-state index is 14.8. The molecular weight excluding hydrogens is 646 g/mol. The highest BCUT2D eigenvalue weighted by Gasteiger charge is 2.75. The molecule has 49 heavy (non-hydrogen) atoms. The Morgan fingerprint density at radius 3 is 2.55 bits per heavy atom. The number of aliphatic hydroxyl groups excluding tert-OH is 1. The van der Waals surface area contributed by atoms with E-state index < -0.39 is 53.6 Å². The molecule has 3 saturated heterocycles. The third-order valence-corrected chi connectivity index (χ3v) is 10.6. The Hall–Kier alpha value is -3.99. The van der Waals surface area contributed by atoms with E-state index in [4.69, 9.17) is 21.1 Å². The highest BCUT2D eigenvalue weighted by Crippen LogP contribution is 2.59. The topological polar surface area (TPSA) is 117 Å². The van der Waals surface area contributed by atoms with Crippen molar-refractivity contribution in [1.82, 2.24) is 9.80 Å². The zero-order valence-electron chi connectivity index (χ0n) is 28.4. The Bertz CT molecular complexity index is 1560. The van der Waals surface area contributed by atoms with Gasteiger partial charge in [-0.15, -0.1) is 13.2 Å². The van der Waals surface area contributed by atoms with E-state index in [9.17, 15) is 24.3 Å². The molecule has 262 valence electrons. The van der Waals surface area contributed by atoms with Crippen molar-refractivity contribution in [3.63, 3.8) is 0 Å².